The van der Waals surface area contributed by atoms with Crippen LogP contribution in [0, 0.1) is 0 Å². The van der Waals surface area contributed by atoms with Gasteiger partial charge in [-0.3, -0.25) is 0 Å². The summed E-state index contributed by atoms with van der Waals surface area (Å²) in [6, 6.07) is 56.5. The number of aromatic nitrogens is 1. The Balaban J connectivity index is 1.16. The molecule has 0 aliphatic carbocycles. The first kappa shape index (κ1) is 26.1. The monoisotopic (exact) mass is 610 g/mol. The molecule has 0 unspecified atom stereocenters. The normalized spacial score (nSPS) is 11.6. The van der Waals surface area contributed by atoms with Crippen LogP contribution in [-0.4, -0.2) is 4.98 Å². The van der Waals surface area contributed by atoms with Gasteiger partial charge in [-0.2, -0.15) is 0 Å². The SMILES string of the molecule is c1ccc(-c2nc3ccc4sc5cc(N(c6ccccc6)c6ccc(-c7cccc8ccccc78)cc6)ccc5c4c3s2)cc1. The fraction of sp³-hybridized carbons (Fsp3) is 0. The lowest BCUT2D eigenvalue weighted by Crippen LogP contribution is -2.09. The molecule has 212 valence electrons. The van der Waals surface area contributed by atoms with Crippen LogP contribution < -0.4 is 4.90 Å². The van der Waals surface area contributed by atoms with Crippen molar-refractivity contribution in [2.75, 3.05) is 4.90 Å². The second-order valence-electron chi connectivity index (χ2n) is 11.2. The van der Waals surface area contributed by atoms with Gasteiger partial charge in [0.25, 0.3) is 0 Å². The van der Waals surface area contributed by atoms with Gasteiger partial charge in [-0.15, -0.1) is 22.7 Å². The highest BCUT2D eigenvalue weighted by Crippen LogP contribution is 2.45. The Morgan fingerprint density at radius 2 is 1.18 bits per heavy atom. The average Bonchev–Trinajstić information content (AvgIpc) is 3.71. The maximum Gasteiger partial charge on any atom is 0.124 e. The summed E-state index contributed by atoms with van der Waals surface area (Å²) < 4.78 is 3.83. The number of hydrogen-bond acceptors (Lipinski definition) is 4. The minimum absolute atomic E-state index is 1.06. The third-order valence-electron chi connectivity index (χ3n) is 8.49. The molecule has 0 aliphatic heterocycles. The molecule has 9 rings (SSSR count). The van der Waals surface area contributed by atoms with Gasteiger partial charge in [0.15, 0.2) is 0 Å². The number of nitrogens with zero attached hydrogens (tertiary/aromatic N) is 2. The van der Waals surface area contributed by atoms with Crippen molar-refractivity contribution in [3.05, 3.63) is 158 Å². The number of rotatable bonds is 5. The van der Waals surface area contributed by atoms with Crippen LogP contribution in [0.25, 0.3) is 62.9 Å². The molecule has 9 aromatic rings. The summed E-state index contributed by atoms with van der Waals surface area (Å²) in [7, 11) is 0. The van der Waals surface area contributed by atoms with E-state index in [2.05, 4.69) is 163 Å². The Kier molecular flexibility index (Phi) is 6.22. The van der Waals surface area contributed by atoms with Crippen LogP contribution in [0.15, 0.2) is 158 Å². The first-order valence-corrected chi connectivity index (χ1v) is 16.7. The van der Waals surface area contributed by atoms with E-state index in [0.717, 1.165) is 27.6 Å². The molecule has 0 fully saturated rings. The maximum atomic E-state index is 5.01. The van der Waals surface area contributed by atoms with Crippen LogP contribution in [0.3, 0.4) is 0 Å². The predicted molar refractivity (Wildman–Crippen MR) is 196 cm³/mol. The van der Waals surface area contributed by atoms with Crippen molar-refractivity contribution in [2.24, 2.45) is 0 Å². The van der Waals surface area contributed by atoms with E-state index in [1.807, 2.05) is 11.3 Å². The summed E-state index contributed by atoms with van der Waals surface area (Å²) in [5.74, 6) is 0. The van der Waals surface area contributed by atoms with Gasteiger partial charge < -0.3 is 4.90 Å². The Bertz CT molecular complexity index is 2470. The lowest BCUT2D eigenvalue weighted by atomic mass is 9.98. The van der Waals surface area contributed by atoms with Crippen LogP contribution in [0.4, 0.5) is 17.1 Å². The van der Waals surface area contributed by atoms with Gasteiger partial charge >= 0.3 is 0 Å². The molecule has 2 aromatic heterocycles. The molecule has 0 saturated heterocycles. The third-order valence-corrected chi connectivity index (χ3v) is 10.7. The first-order valence-electron chi connectivity index (χ1n) is 15.0. The van der Waals surface area contributed by atoms with Gasteiger partial charge in [0, 0.05) is 42.8 Å². The van der Waals surface area contributed by atoms with Crippen LogP contribution in [0.2, 0.25) is 0 Å². The molecule has 0 atom stereocenters. The van der Waals surface area contributed by atoms with E-state index in [9.17, 15) is 0 Å². The zero-order valence-corrected chi connectivity index (χ0v) is 25.9. The number of benzene rings is 7. The lowest BCUT2D eigenvalue weighted by Gasteiger charge is -2.25. The minimum Gasteiger partial charge on any atom is -0.310 e. The van der Waals surface area contributed by atoms with Crippen molar-refractivity contribution in [3.8, 4) is 21.7 Å². The van der Waals surface area contributed by atoms with Crippen LogP contribution in [-0.2, 0) is 0 Å². The van der Waals surface area contributed by atoms with E-state index in [1.54, 1.807) is 11.3 Å². The Hall–Kier alpha value is -5.29. The molecule has 0 amide bonds. The number of thiophene rings is 1. The molecule has 0 N–H and O–H groups in total. The number of para-hydroxylation sites is 1. The van der Waals surface area contributed by atoms with Crippen molar-refractivity contribution < 1.29 is 0 Å². The number of hydrogen-bond donors (Lipinski definition) is 0. The van der Waals surface area contributed by atoms with Gasteiger partial charge in [0.1, 0.15) is 5.01 Å². The molecule has 0 aliphatic rings. The van der Waals surface area contributed by atoms with Gasteiger partial charge in [-0.1, -0.05) is 109 Å². The molecular formula is C41H26N2S2. The molecule has 4 heteroatoms. The van der Waals surface area contributed by atoms with Crippen LogP contribution in [0.5, 0.6) is 0 Å². The van der Waals surface area contributed by atoms with E-state index >= 15 is 0 Å². The summed E-state index contributed by atoms with van der Waals surface area (Å²) in [6.45, 7) is 0. The van der Waals surface area contributed by atoms with Crippen LogP contribution >= 0.6 is 22.7 Å². The van der Waals surface area contributed by atoms with E-state index < -0.39 is 0 Å². The van der Waals surface area contributed by atoms with Gasteiger partial charge in [0.05, 0.1) is 10.2 Å². The predicted octanol–water partition coefficient (Wildman–Crippen LogP) is 12.6. The van der Waals surface area contributed by atoms with Crippen molar-refractivity contribution in [1.82, 2.24) is 4.98 Å². The Labute approximate surface area is 269 Å². The number of fused-ring (bicyclic) bond motifs is 6. The van der Waals surface area contributed by atoms with Crippen molar-refractivity contribution in [3.63, 3.8) is 0 Å². The summed E-state index contributed by atoms with van der Waals surface area (Å²) in [4.78, 5) is 7.36. The highest BCUT2D eigenvalue weighted by atomic mass is 32.1. The molecular weight excluding hydrogens is 585 g/mol. The quantitative estimate of drug-likeness (QED) is 0.193. The summed E-state index contributed by atoms with van der Waals surface area (Å²) in [6.07, 6.45) is 0. The highest BCUT2D eigenvalue weighted by Gasteiger charge is 2.17. The smallest absolute Gasteiger partial charge is 0.124 e. The average molecular weight is 611 g/mol. The van der Waals surface area contributed by atoms with Crippen LogP contribution in [0.1, 0.15) is 0 Å². The topological polar surface area (TPSA) is 16.1 Å². The van der Waals surface area contributed by atoms with E-state index in [1.165, 1.54) is 52.3 Å². The molecule has 45 heavy (non-hydrogen) atoms. The maximum absolute atomic E-state index is 5.01. The fourth-order valence-corrected chi connectivity index (χ4v) is 8.71. The molecule has 7 aromatic carbocycles. The summed E-state index contributed by atoms with van der Waals surface area (Å²) in [5.41, 5.74) is 8.10. The molecule has 0 saturated carbocycles. The Morgan fingerprint density at radius 3 is 2.02 bits per heavy atom. The van der Waals surface area contributed by atoms with E-state index in [4.69, 9.17) is 4.98 Å². The molecule has 0 radical (unpaired) electrons. The summed E-state index contributed by atoms with van der Waals surface area (Å²) >= 11 is 3.65. The minimum atomic E-state index is 1.06. The van der Waals surface area contributed by atoms with Crippen molar-refractivity contribution in [2.45, 2.75) is 0 Å². The van der Waals surface area contributed by atoms with Crippen molar-refractivity contribution in [1.29, 1.82) is 0 Å². The molecule has 0 bridgehead atoms. The highest BCUT2D eigenvalue weighted by molar-refractivity contribution is 7.28. The second-order valence-corrected chi connectivity index (χ2v) is 13.3. The number of anilines is 3. The second kappa shape index (κ2) is 10.7. The third kappa shape index (κ3) is 4.50. The summed E-state index contributed by atoms with van der Waals surface area (Å²) in [5, 5.41) is 6.19. The lowest BCUT2D eigenvalue weighted by molar-refractivity contribution is 1.29. The number of thiazole rings is 1. The van der Waals surface area contributed by atoms with Crippen molar-refractivity contribution >= 4 is 80.9 Å². The van der Waals surface area contributed by atoms with E-state index in [-0.39, 0.29) is 0 Å². The van der Waals surface area contributed by atoms with Gasteiger partial charge in [-0.25, -0.2) is 4.98 Å². The zero-order chi connectivity index (χ0) is 29.7. The molecule has 2 heterocycles. The Morgan fingerprint density at radius 1 is 0.467 bits per heavy atom. The zero-order valence-electron chi connectivity index (χ0n) is 24.2. The van der Waals surface area contributed by atoms with Gasteiger partial charge in [0.2, 0.25) is 0 Å². The fourth-order valence-electron chi connectivity index (χ4n) is 6.37. The standard InChI is InChI=1S/C41H26N2S2/c1-3-11-29(12-4-1)41-42-36-24-25-37-39(40(36)45-41)35-23-22-32(26-38(35)44-37)43(30-14-5-2-6-15-30)31-20-18-28(19-21-31)34-17-9-13-27-10-7-8-16-33(27)34/h1-26H. The first-order chi connectivity index (χ1) is 22.3. The largest absolute Gasteiger partial charge is 0.310 e. The van der Waals surface area contributed by atoms with E-state index in [0.29, 0.717) is 0 Å². The molecule has 0 spiro atoms. The molecule has 2 nitrogen and oxygen atoms in total. The van der Waals surface area contributed by atoms with Gasteiger partial charge in [-0.05, 0) is 70.4 Å².